The van der Waals surface area contributed by atoms with Gasteiger partial charge in [0.2, 0.25) is 23.5 Å². The zero-order valence-electron chi connectivity index (χ0n) is 87.9. The molecule has 3 unspecified atom stereocenters. The summed E-state index contributed by atoms with van der Waals surface area (Å²) in [5.74, 6) is -6.15. The minimum atomic E-state index is -2.16. The molecular weight excluding hydrogens is 1740 g/mol. The minimum Gasteiger partial charge on any atom is -0.444 e. The van der Waals surface area contributed by atoms with Crippen LogP contribution in [0.1, 0.15) is 384 Å². The average Bonchev–Trinajstić information content (AvgIpc) is 0.727. The molecule has 0 heterocycles. The fraction of sp³-hybridized carbons (Fsp3) is 0.889. The van der Waals surface area contributed by atoms with Gasteiger partial charge in [-0.1, -0.05) is 168 Å². The molecule has 0 rings (SSSR count). The largest absolute Gasteiger partial charge is 0.444 e. The summed E-state index contributed by atoms with van der Waals surface area (Å²) in [6.07, 6.45) is 7.62. The first-order chi connectivity index (χ1) is 62.7. The van der Waals surface area contributed by atoms with Crippen LogP contribution in [0.15, 0.2) is 0 Å². The Balaban J connectivity index is 6.07. The van der Waals surface area contributed by atoms with E-state index in [0.29, 0.717) is 77.3 Å². The lowest BCUT2D eigenvalue weighted by molar-refractivity contribution is -0.177. The van der Waals surface area contributed by atoms with E-state index in [1.807, 2.05) is 20.8 Å². The van der Waals surface area contributed by atoms with Gasteiger partial charge in [0.1, 0.15) is 64.2 Å². The second-order valence-electron chi connectivity index (χ2n) is 42.2. The lowest BCUT2D eigenvalue weighted by atomic mass is 9.88. The molecule has 0 saturated heterocycles. The Bertz CT molecular complexity index is 3370. The summed E-state index contributed by atoms with van der Waals surface area (Å²) in [5.41, 5.74) is -6.08. The van der Waals surface area contributed by atoms with Gasteiger partial charge < -0.3 is 100 Å². The molecule has 0 bridgehead atoms. The highest BCUT2D eigenvalue weighted by molar-refractivity contribution is 5.85. The maximum Gasteiger partial charge on any atom is 0.413 e. The van der Waals surface area contributed by atoms with Crippen LogP contribution >= 0.6 is 0 Å². The van der Waals surface area contributed by atoms with Crippen LogP contribution in [0.5, 0.6) is 0 Å². The van der Waals surface area contributed by atoms with Gasteiger partial charge >= 0.3 is 36.6 Å². The number of amides is 11. The Morgan fingerprint density at radius 2 is 0.659 bits per heavy atom. The molecule has 0 fully saturated rings. The standard InChI is InChI=1S/C99H189N11O25/c1-26-29-69-110(92(129)135-98(21,22)23)99(105(25)88(125)131-94(9,10)11,109(66-28-3)91(128)134-97(18,19)20)74(71-107(89(126)132-95(12,13)14)68-55-58-77(104(24)87(124)130-93(6,7)8)108(65-27-2)90(127)133-96(15,16)17)56-51-48-49-53-61-100-75(113)57-52-47-45-43-41-39-37-35-33-31-30-32-34-36-38-40-42-44-46-50-54-67-106(70-64-103-86(123)84(121)82(119)80(117)73(5)112)78(115)60-59-76(114)101-62-63-102-85(122)83(120)81(118)79(116)72(4)111/h72-74,77,79-84,111-112,116-121H,26-71H2,1-25H3,(H,100,113)(H,101,114)(H,102,122)(H,103,123)/t72-,73-,74?,77?,79-,80-,81+,82+,83-,84-,99?/m1/s1. The highest BCUT2D eigenvalue weighted by Gasteiger charge is 2.60. The second kappa shape index (κ2) is 65.6. The van der Waals surface area contributed by atoms with Crippen molar-refractivity contribution in [2.45, 2.75) is 478 Å². The number of carbonyl (C=O) groups is 11. The van der Waals surface area contributed by atoms with Gasteiger partial charge in [-0.2, -0.15) is 0 Å². The molecule has 0 aromatic carbocycles. The van der Waals surface area contributed by atoms with Gasteiger partial charge in [-0.25, -0.2) is 28.8 Å². The number of nitrogens with one attached hydrogen (secondary N) is 4. The van der Waals surface area contributed by atoms with Crippen molar-refractivity contribution in [3.05, 3.63) is 0 Å². The minimum absolute atomic E-state index is 0.00699. The van der Waals surface area contributed by atoms with Crippen LogP contribution in [0, 0.1) is 5.92 Å². The first-order valence-electron chi connectivity index (χ1n) is 50.5. The van der Waals surface area contributed by atoms with E-state index in [1.54, 1.807) is 132 Å². The van der Waals surface area contributed by atoms with Crippen LogP contribution in [0.2, 0.25) is 0 Å². The number of carbonyl (C=O) groups excluding carboxylic acids is 11. The molecule has 0 spiro atoms. The maximum atomic E-state index is 15.7. The Morgan fingerprint density at radius 3 is 1.09 bits per heavy atom. The van der Waals surface area contributed by atoms with Gasteiger partial charge in [0.05, 0.1) is 12.2 Å². The predicted octanol–water partition coefficient (Wildman–Crippen LogP) is 14.2. The summed E-state index contributed by atoms with van der Waals surface area (Å²) < 4.78 is 37.1. The topological polar surface area (TPSA) is 476 Å². The lowest BCUT2D eigenvalue weighted by Crippen LogP contribution is -2.77. The molecule has 0 aromatic heterocycles. The van der Waals surface area contributed by atoms with Crippen molar-refractivity contribution in [3.63, 3.8) is 0 Å². The van der Waals surface area contributed by atoms with Crippen molar-refractivity contribution in [1.29, 1.82) is 0 Å². The van der Waals surface area contributed by atoms with Gasteiger partial charge in [0.15, 0.2) is 12.2 Å². The second-order valence-corrected chi connectivity index (χ2v) is 42.2. The lowest BCUT2D eigenvalue weighted by Gasteiger charge is -2.58. The quantitative estimate of drug-likeness (QED) is 0.0153. The van der Waals surface area contributed by atoms with Crippen molar-refractivity contribution in [2.24, 2.45) is 5.92 Å². The van der Waals surface area contributed by atoms with E-state index < -0.39 is 155 Å². The summed E-state index contributed by atoms with van der Waals surface area (Å²) in [6, 6.07) is 0. The zero-order valence-corrected chi connectivity index (χ0v) is 87.9. The molecule has 0 aliphatic heterocycles. The Labute approximate surface area is 810 Å². The molecule has 0 aliphatic rings. The van der Waals surface area contributed by atoms with E-state index in [-0.39, 0.29) is 103 Å². The van der Waals surface area contributed by atoms with Gasteiger partial charge in [-0.3, -0.25) is 48.5 Å². The van der Waals surface area contributed by atoms with E-state index in [1.165, 1.54) is 126 Å². The van der Waals surface area contributed by atoms with Crippen LogP contribution in [0.3, 0.4) is 0 Å². The molecule has 11 atom stereocenters. The van der Waals surface area contributed by atoms with E-state index in [2.05, 4.69) is 21.3 Å². The molecule has 11 amide bonds. The highest BCUT2D eigenvalue weighted by atomic mass is 16.6. The molecule has 790 valence electrons. The molecule has 0 aromatic rings. The smallest absolute Gasteiger partial charge is 0.413 e. The highest BCUT2D eigenvalue weighted by Crippen LogP contribution is 2.42. The number of nitrogens with zero attached hydrogens (tertiary/aromatic N) is 7. The van der Waals surface area contributed by atoms with E-state index in [4.69, 9.17) is 28.4 Å². The number of unbranched alkanes of at least 4 members (excludes halogenated alkanes) is 24. The molecule has 0 radical (unpaired) electrons. The first kappa shape index (κ1) is 128. The van der Waals surface area contributed by atoms with Gasteiger partial charge in [-0.15, -0.1) is 0 Å². The Hall–Kier alpha value is -7.35. The average molecular weight is 1930 g/mol. The van der Waals surface area contributed by atoms with Gasteiger partial charge in [-0.05, 0) is 196 Å². The van der Waals surface area contributed by atoms with Crippen molar-refractivity contribution in [2.75, 3.05) is 86.1 Å². The molecule has 135 heavy (non-hydrogen) atoms. The molecular formula is C99H189N11O25. The summed E-state index contributed by atoms with van der Waals surface area (Å²) in [7, 11) is 3.06. The maximum absolute atomic E-state index is 15.7. The number of hydrogen-bond acceptors (Lipinski definition) is 25. The normalized spacial score (nSPS) is 14.8. The fourth-order valence-corrected chi connectivity index (χ4v) is 15.4. The number of hydrogen-bond donors (Lipinski definition) is 12. The number of aliphatic hydroxyl groups excluding tert-OH is 8. The Morgan fingerprint density at radius 1 is 0.304 bits per heavy atom. The zero-order chi connectivity index (χ0) is 103. The fourth-order valence-electron chi connectivity index (χ4n) is 15.4. The third-order valence-electron chi connectivity index (χ3n) is 22.3. The molecule has 0 aliphatic carbocycles. The number of ether oxygens (including phenoxy) is 6. The van der Waals surface area contributed by atoms with Crippen LogP contribution in [0.4, 0.5) is 28.8 Å². The SMILES string of the molecule is CCCCN(C(=O)OC(C)(C)C)C(C(CCCCCCNC(=O)CCCCCCCCCCCCCCCCCCCCCCCN(CCNC(=O)[C@H](O)[C@@H](O)[C@H](O)[C@@H](C)O)C(=O)CCC(=O)NCCNC(=O)[C@H](O)[C@@H](O)[C@H](O)[C@@H](C)O)CN(CCCC(N(C)C(=O)OC(C)(C)C)N(CCC)C(=O)OC(C)(C)C)C(=O)OC(C)(C)C)(N(C)C(=O)OC(C)(C)C)N(CCC)C(=O)OC(C)(C)C. The van der Waals surface area contributed by atoms with Crippen molar-refractivity contribution < 1.29 is 122 Å². The first-order valence-corrected chi connectivity index (χ1v) is 50.5. The Kier molecular flexibility index (Phi) is 62.0. The summed E-state index contributed by atoms with van der Waals surface area (Å²) >= 11 is 0. The predicted molar refractivity (Wildman–Crippen MR) is 521 cm³/mol. The summed E-state index contributed by atoms with van der Waals surface area (Å²) in [6.45, 7) is 39.7. The van der Waals surface area contributed by atoms with Crippen molar-refractivity contribution in [3.8, 4) is 0 Å². The third kappa shape index (κ3) is 55.3. The molecule has 36 heteroatoms. The van der Waals surface area contributed by atoms with E-state index >= 15 is 19.2 Å². The summed E-state index contributed by atoms with van der Waals surface area (Å²) in [5, 5.41) is 89.4. The summed E-state index contributed by atoms with van der Waals surface area (Å²) in [4.78, 5) is 165. The van der Waals surface area contributed by atoms with Crippen LogP contribution in [0.25, 0.3) is 0 Å². The van der Waals surface area contributed by atoms with E-state index in [9.17, 15) is 74.4 Å². The molecule has 12 N–H and O–H groups in total. The molecule has 36 nitrogen and oxygen atoms in total. The van der Waals surface area contributed by atoms with Gasteiger partial charge in [0.25, 0.3) is 11.8 Å². The van der Waals surface area contributed by atoms with Crippen molar-refractivity contribution >= 4 is 66.1 Å². The number of rotatable bonds is 67. The molecule has 0 saturated carbocycles. The third-order valence-corrected chi connectivity index (χ3v) is 22.3. The van der Waals surface area contributed by atoms with E-state index in [0.717, 1.165) is 57.8 Å². The number of aliphatic hydroxyl groups is 8. The van der Waals surface area contributed by atoms with Crippen LogP contribution in [-0.4, -0.2) is 322 Å². The van der Waals surface area contributed by atoms with Crippen LogP contribution < -0.4 is 21.3 Å². The van der Waals surface area contributed by atoms with Crippen molar-refractivity contribution in [1.82, 2.24) is 55.6 Å². The van der Waals surface area contributed by atoms with Gasteiger partial charge in [0, 0.05) is 111 Å². The monoisotopic (exact) mass is 1930 g/mol. The van der Waals surface area contributed by atoms with Crippen LogP contribution in [-0.2, 0) is 52.4 Å².